The van der Waals surface area contributed by atoms with Crippen LogP contribution in [0.15, 0.2) is 47.1 Å². The van der Waals surface area contributed by atoms with Crippen molar-refractivity contribution in [3.8, 4) is 11.4 Å². The normalized spacial score (nSPS) is 14.0. The van der Waals surface area contributed by atoms with Crippen LogP contribution in [0.5, 0.6) is 0 Å². The number of benzene rings is 1. The maximum atomic E-state index is 12.2. The Balaban J connectivity index is 1.23. The van der Waals surface area contributed by atoms with Gasteiger partial charge < -0.3 is 19.5 Å². The van der Waals surface area contributed by atoms with Crippen LogP contribution in [0.3, 0.4) is 0 Å². The molecular formula is C21H22ClN5O3. The van der Waals surface area contributed by atoms with E-state index in [0.717, 1.165) is 43.2 Å². The number of nitrogens with zero attached hydrogens (tertiary/aromatic N) is 4. The molecule has 156 valence electrons. The predicted octanol–water partition coefficient (Wildman–Crippen LogP) is 2.87. The zero-order chi connectivity index (χ0) is 20.8. The third kappa shape index (κ3) is 5.34. The standard InChI is InChI=1S/C21H22ClN5O3/c22-17-4-2-16(3-5-17)21-25-20(30-26-21)8-7-19(28)24-14-15-1-6-18(23-13-15)27-9-11-29-12-10-27/h1-6,13H,7-12,14H2,(H,24,28). The van der Waals surface area contributed by atoms with Gasteiger partial charge in [-0.25, -0.2) is 4.98 Å². The minimum Gasteiger partial charge on any atom is -0.378 e. The molecule has 9 heteroatoms. The molecule has 1 aromatic carbocycles. The highest BCUT2D eigenvalue weighted by atomic mass is 35.5. The van der Waals surface area contributed by atoms with Crippen LogP contribution < -0.4 is 10.2 Å². The van der Waals surface area contributed by atoms with Gasteiger partial charge in [-0.3, -0.25) is 4.79 Å². The van der Waals surface area contributed by atoms with Crippen LogP contribution in [0.4, 0.5) is 5.82 Å². The Morgan fingerprint density at radius 2 is 1.93 bits per heavy atom. The van der Waals surface area contributed by atoms with Crippen LogP contribution >= 0.6 is 11.6 Å². The quantitative estimate of drug-likeness (QED) is 0.619. The molecule has 1 aliphatic rings. The number of hydrogen-bond donors (Lipinski definition) is 1. The molecule has 1 amide bonds. The Bertz CT molecular complexity index is 969. The lowest BCUT2D eigenvalue weighted by Crippen LogP contribution is -2.36. The number of carbonyl (C=O) groups excluding carboxylic acids is 1. The Kier molecular flexibility index (Phi) is 6.56. The van der Waals surface area contributed by atoms with Crippen molar-refractivity contribution >= 4 is 23.3 Å². The molecule has 3 aromatic rings. The molecule has 30 heavy (non-hydrogen) atoms. The number of hydrogen-bond acceptors (Lipinski definition) is 7. The summed E-state index contributed by atoms with van der Waals surface area (Å²) in [6.45, 7) is 3.56. The number of ether oxygens (including phenoxy) is 1. The second-order valence-electron chi connectivity index (χ2n) is 6.92. The monoisotopic (exact) mass is 427 g/mol. The Labute approximate surface area is 179 Å². The zero-order valence-corrected chi connectivity index (χ0v) is 17.1. The number of amides is 1. The van der Waals surface area contributed by atoms with Crippen molar-refractivity contribution in [2.45, 2.75) is 19.4 Å². The van der Waals surface area contributed by atoms with Crippen molar-refractivity contribution in [1.29, 1.82) is 0 Å². The number of aryl methyl sites for hydroxylation is 1. The fraction of sp³-hybridized carbons (Fsp3) is 0.333. The van der Waals surface area contributed by atoms with E-state index in [9.17, 15) is 4.79 Å². The van der Waals surface area contributed by atoms with Gasteiger partial charge in [0.2, 0.25) is 17.6 Å². The Hall–Kier alpha value is -2.97. The summed E-state index contributed by atoms with van der Waals surface area (Å²) in [7, 11) is 0. The topological polar surface area (TPSA) is 93.4 Å². The first-order valence-electron chi connectivity index (χ1n) is 9.80. The van der Waals surface area contributed by atoms with Crippen molar-refractivity contribution in [2.75, 3.05) is 31.2 Å². The Morgan fingerprint density at radius 3 is 2.67 bits per heavy atom. The smallest absolute Gasteiger partial charge is 0.227 e. The number of morpholine rings is 1. The highest BCUT2D eigenvalue weighted by Gasteiger charge is 2.13. The van der Waals surface area contributed by atoms with E-state index in [1.54, 1.807) is 18.3 Å². The molecule has 1 fully saturated rings. The van der Waals surface area contributed by atoms with Crippen molar-refractivity contribution in [2.24, 2.45) is 0 Å². The van der Waals surface area contributed by atoms with Gasteiger partial charge in [0.25, 0.3) is 0 Å². The molecule has 0 unspecified atom stereocenters. The van der Waals surface area contributed by atoms with Crippen LogP contribution in [-0.4, -0.2) is 47.3 Å². The molecule has 0 spiro atoms. The van der Waals surface area contributed by atoms with Crippen LogP contribution in [0.25, 0.3) is 11.4 Å². The number of nitrogens with one attached hydrogen (secondary N) is 1. The number of rotatable bonds is 7. The number of anilines is 1. The zero-order valence-electron chi connectivity index (χ0n) is 16.4. The molecule has 3 heterocycles. The summed E-state index contributed by atoms with van der Waals surface area (Å²) in [5, 5.41) is 7.49. The van der Waals surface area contributed by atoms with E-state index < -0.39 is 0 Å². The fourth-order valence-electron chi connectivity index (χ4n) is 3.08. The number of carbonyl (C=O) groups is 1. The van der Waals surface area contributed by atoms with Crippen molar-refractivity contribution < 1.29 is 14.1 Å². The molecule has 1 saturated heterocycles. The predicted molar refractivity (Wildman–Crippen MR) is 112 cm³/mol. The maximum absolute atomic E-state index is 12.2. The van der Waals surface area contributed by atoms with Crippen LogP contribution in [0, 0.1) is 0 Å². The lowest BCUT2D eigenvalue weighted by atomic mass is 10.2. The molecule has 1 N–H and O–H groups in total. The van der Waals surface area contributed by atoms with Gasteiger partial charge in [-0.05, 0) is 35.9 Å². The summed E-state index contributed by atoms with van der Waals surface area (Å²) in [6.07, 6.45) is 2.43. The van der Waals surface area contributed by atoms with Gasteiger partial charge >= 0.3 is 0 Å². The fourth-order valence-corrected chi connectivity index (χ4v) is 3.21. The largest absolute Gasteiger partial charge is 0.378 e. The highest BCUT2D eigenvalue weighted by Crippen LogP contribution is 2.19. The summed E-state index contributed by atoms with van der Waals surface area (Å²) >= 11 is 5.89. The second-order valence-corrected chi connectivity index (χ2v) is 7.36. The molecule has 4 rings (SSSR count). The van der Waals surface area contributed by atoms with Gasteiger partial charge in [0.15, 0.2) is 0 Å². The first-order valence-corrected chi connectivity index (χ1v) is 10.2. The number of pyridine rings is 1. The maximum Gasteiger partial charge on any atom is 0.227 e. The van der Waals surface area contributed by atoms with Gasteiger partial charge in [0, 0.05) is 49.3 Å². The molecule has 2 aromatic heterocycles. The SMILES string of the molecule is O=C(CCc1nc(-c2ccc(Cl)cc2)no1)NCc1ccc(N2CCOCC2)nc1. The van der Waals surface area contributed by atoms with E-state index in [0.29, 0.717) is 29.7 Å². The summed E-state index contributed by atoms with van der Waals surface area (Å²) in [5.74, 6) is 1.75. The molecule has 0 radical (unpaired) electrons. The molecule has 1 aliphatic heterocycles. The van der Waals surface area contributed by atoms with Crippen molar-refractivity contribution in [1.82, 2.24) is 20.4 Å². The van der Waals surface area contributed by atoms with E-state index in [4.69, 9.17) is 20.9 Å². The van der Waals surface area contributed by atoms with Gasteiger partial charge in [-0.15, -0.1) is 0 Å². The van der Waals surface area contributed by atoms with Gasteiger partial charge in [-0.1, -0.05) is 22.8 Å². The van der Waals surface area contributed by atoms with Crippen LogP contribution in [0.1, 0.15) is 17.9 Å². The molecular weight excluding hydrogens is 406 g/mol. The summed E-state index contributed by atoms with van der Waals surface area (Å²) in [4.78, 5) is 23.2. The molecule has 0 bridgehead atoms. The molecule has 8 nitrogen and oxygen atoms in total. The Morgan fingerprint density at radius 1 is 1.13 bits per heavy atom. The first kappa shape index (κ1) is 20.3. The summed E-state index contributed by atoms with van der Waals surface area (Å²) < 4.78 is 10.6. The lowest BCUT2D eigenvalue weighted by Gasteiger charge is -2.27. The molecule has 0 aliphatic carbocycles. The van der Waals surface area contributed by atoms with E-state index in [1.807, 2.05) is 24.3 Å². The van der Waals surface area contributed by atoms with E-state index in [1.165, 1.54) is 0 Å². The first-order chi connectivity index (χ1) is 14.7. The minimum atomic E-state index is -0.0847. The summed E-state index contributed by atoms with van der Waals surface area (Å²) in [6, 6.07) is 11.1. The van der Waals surface area contributed by atoms with Crippen LogP contribution in [0.2, 0.25) is 5.02 Å². The molecule has 0 atom stereocenters. The average Bonchev–Trinajstić information content (AvgIpc) is 3.27. The third-order valence-corrected chi connectivity index (χ3v) is 5.02. The van der Waals surface area contributed by atoms with E-state index in [-0.39, 0.29) is 12.3 Å². The van der Waals surface area contributed by atoms with Gasteiger partial charge in [-0.2, -0.15) is 4.98 Å². The highest BCUT2D eigenvalue weighted by molar-refractivity contribution is 6.30. The van der Waals surface area contributed by atoms with E-state index in [2.05, 4.69) is 25.3 Å². The van der Waals surface area contributed by atoms with Gasteiger partial charge in [0.05, 0.1) is 13.2 Å². The number of aromatic nitrogens is 3. The molecule has 0 saturated carbocycles. The van der Waals surface area contributed by atoms with E-state index >= 15 is 0 Å². The lowest BCUT2D eigenvalue weighted by molar-refractivity contribution is -0.121. The minimum absolute atomic E-state index is 0.0847. The van der Waals surface area contributed by atoms with Crippen molar-refractivity contribution in [3.63, 3.8) is 0 Å². The average molecular weight is 428 g/mol. The second kappa shape index (κ2) is 9.69. The van der Waals surface area contributed by atoms with Crippen LogP contribution in [-0.2, 0) is 22.5 Å². The van der Waals surface area contributed by atoms with Gasteiger partial charge in [0.1, 0.15) is 5.82 Å². The number of halogens is 1. The van der Waals surface area contributed by atoms with Crippen molar-refractivity contribution in [3.05, 3.63) is 59.1 Å². The summed E-state index contributed by atoms with van der Waals surface area (Å²) in [5.41, 5.74) is 1.76. The third-order valence-electron chi connectivity index (χ3n) is 4.77.